The molecule has 0 aliphatic heterocycles. The molecule has 0 heterocycles. The zero-order valence-corrected chi connectivity index (χ0v) is 16.3. The van der Waals surface area contributed by atoms with Crippen LogP contribution in [0.15, 0.2) is 0 Å². The monoisotopic (exact) mass is 336 g/mol. The number of thiol groups is 2. The van der Waals surface area contributed by atoms with Crippen molar-refractivity contribution >= 4 is 39.3 Å². The summed E-state index contributed by atoms with van der Waals surface area (Å²) in [5, 5.41) is 0. The second-order valence-corrected chi connectivity index (χ2v) is 10.0. The molecule has 122 valence electrons. The predicted octanol–water partition coefficient (Wildman–Crippen LogP) is 6.92. The Bertz CT molecular complexity index is 200. The van der Waals surface area contributed by atoms with Crippen molar-refractivity contribution in [2.24, 2.45) is 0 Å². The number of thiocarbonyl (C=S) groups is 1. The molecule has 0 bridgehead atoms. The van der Waals surface area contributed by atoms with Crippen molar-refractivity contribution in [1.82, 2.24) is 0 Å². The van der Waals surface area contributed by atoms with Gasteiger partial charge in [-0.2, -0.15) is 0 Å². The highest BCUT2D eigenvalue weighted by Gasteiger charge is 2.06. The Morgan fingerprint density at radius 1 is 0.700 bits per heavy atom. The molecule has 0 rings (SSSR count). The van der Waals surface area contributed by atoms with Gasteiger partial charge in [0, 0.05) is 0 Å². The van der Waals surface area contributed by atoms with E-state index in [1.54, 1.807) is 0 Å². The van der Waals surface area contributed by atoms with Crippen LogP contribution in [0.3, 0.4) is 0 Å². The second kappa shape index (κ2) is 16.2. The molecule has 0 aliphatic rings. The van der Waals surface area contributed by atoms with Crippen LogP contribution in [-0.4, -0.2) is 15.0 Å². The lowest BCUT2D eigenvalue weighted by Gasteiger charge is -2.19. The van der Waals surface area contributed by atoms with Gasteiger partial charge in [-0.1, -0.05) is 90.3 Å². The van der Waals surface area contributed by atoms with E-state index in [2.05, 4.69) is 26.5 Å². The molecule has 3 heteroatoms. The van der Waals surface area contributed by atoms with E-state index in [0.29, 0.717) is 0 Å². The summed E-state index contributed by atoms with van der Waals surface area (Å²) >= 11 is 9.82. The van der Waals surface area contributed by atoms with Crippen LogP contribution < -0.4 is 0 Å². The fraction of sp³-hybridized carbons (Fsp3) is 0.941. The maximum atomic E-state index is 5.35. The summed E-state index contributed by atoms with van der Waals surface area (Å²) in [5.41, 5.74) is 0. The van der Waals surface area contributed by atoms with Gasteiger partial charge >= 0.3 is 0 Å². The van der Waals surface area contributed by atoms with E-state index in [-0.39, 0.29) is 10.9 Å². The zero-order valence-electron chi connectivity index (χ0n) is 13.7. The third kappa shape index (κ3) is 13.8. The van der Waals surface area contributed by atoms with E-state index >= 15 is 0 Å². The molecule has 0 fully saturated rings. The molecule has 0 aliphatic carbocycles. The predicted molar refractivity (Wildman–Crippen MR) is 107 cm³/mol. The average molecular weight is 337 g/mol. The van der Waals surface area contributed by atoms with E-state index in [1.165, 1.54) is 88.6 Å². The van der Waals surface area contributed by atoms with Gasteiger partial charge in [0.05, 0.1) is 3.53 Å². The minimum Gasteiger partial charge on any atom is -0.211 e. The van der Waals surface area contributed by atoms with E-state index in [1.807, 2.05) is 0 Å². The fourth-order valence-corrected chi connectivity index (χ4v) is 5.43. The Hall–Kier alpha value is 0.790. The standard InChI is InChI=1S/C17H36S3/c1-3-5-7-9-11-13-15-20(17(18)19)16-14-12-10-8-6-4-2/h20H,3-16H2,1-2H3,(H,18,19). The second-order valence-electron chi connectivity index (χ2n) is 5.81. The summed E-state index contributed by atoms with van der Waals surface area (Å²) in [7, 11) is -0.0730. The normalized spacial score (nSPS) is 11.7. The van der Waals surface area contributed by atoms with E-state index in [4.69, 9.17) is 12.2 Å². The Labute approximate surface area is 141 Å². The lowest BCUT2D eigenvalue weighted by molar-refractivity contribution is 0.623. The summed E-state index contributed by atoms with van der Waals surface area (Å²) in [5.74, 6) is 2.66. The molecular formula is C17H36S3. The number of unbranched alkanes of at least 4 members (excludes halogenated alkanes) is 10. The van der Waals surface area contributed by atoms with E-state index < -0.39 is 0 Å². The lowest BCUT2D eigenvalue weighted by atomic mass is 10.1. The van der Waals surface area contributed by atoms with E-state index in [0.717, 1.165) is 3.53 Å². The van der Waals surface area contributed by atoms with Gasteiger partial charge in [0.15, 0.2) is 0 Å². The fourth-order valence-electron chi connectivity index (χ4n) is 2.47. The van der Waals surface area contributed by atoms with Crippen molar-refractivity contribution < 1.29 is 0 Å². The third-order valence-electron chi connectivity index (χ3n) is 3.83. The van der Waals surface area contributed by atoms with E-state index in [9.17, 15) is 0 Å². The molecule has 0 radical (unpaired) electrons. The molecule has 0 aromatic carbocycles. The minimum atomic E-state index is -0.0730. The Balaban J connectivity index is 3.53. The molecule has 0 atom stereocenters. The quantitative estimate of drug-likeness (QED) is 0.197. The molecule has 0 N–H and O–H groups in total. The first kappa shape index (κ1) is 20.8. The Kier molecular flexibility index (Phi) is 16.8. The average Bonchev–Trinajstić information content (AvgIpc) is 2.43. The van der Waals surface area contributed by atoms with Crippen molar-refractivity contribution in [1.29, 1.82) is 0 Å². The molecular weight excluding hydrogens is 300 g/mol. The summed E-state index contributed by atoms with van der Waals surface area (Å²) in [4.78, 5) is 0. The maximum absolute atomic E-state index is 5.35. The zero-order chi connectivity index (χ0) is 15.1. The molecule has 0 spiro atoms. The van der Waals surface area contributed by atoms with Gasteiger partial charge in [-0.15, -0.1) is 12.6 Å². The number of rotatable bonds is 14. The molecule has 0 unspecified atom stereocenters. The van der Waals surface area contributed by atoms with Gasteiger partial charge in [0.2, 0.25) is 0 Å². The first-order valence-electron chi connectivity index (χ1n) is 8.70. The maximum Gasteiger partial charge on any atom is 0.0811 e. The lowest BCUT2D eigenvalue weighted by Crippen LogP contribution is -2.00. The highest BCUT2D eigenvalue weighted by molar-refractivity contribution is 8.50. The first-order valence-corrected chi connectivity index (χ1v) is 11.3. The van der Waals surface area contributed by atoms with Gasteiger partial charge in [-0.25, -0.2) is 10.9 Å². The van der Waals surface area contributed by atoms with Gasteiger partial charge in [0.25, 0.3) is 0 Å². The smallest absolute Gasteiger partial charge is 0.0811 e. The largest absolute Gasteiger partial charge is 0.211 e. The van der Waals surface area contributed by atoms with Crippen LogP contribution in [0.5, 0.6) is 0 Å². The first-order chi connectivity index (χ1) is 9.72. The van der Waals surface area contributed by atoms with Crippen LogP contribution in [0.1, 0.15) is 90.9 Å². The SMILES string of the molecule is CCCCCCCC[SH](CCCCCCCC)C(=S)S. The molecule has 0 saturated heterocycles. The van der Waals surface area contributed by atoms with Crippen LogP contribution in [0.2, 0.25) is 0 Å². The molecule has 0 saturated carbocycles. The van der Waals surface area contributed by atoms with Gasteiger partial charge in [-0.3, -0.25) is 0 Å². The van der Waals surface area contributed by atoms with Crippen LogP contribution in [0, 0.1) is 0 Å². The van der Waals surface area contributed by atoms with Crippen molar-refractivity contribution in [3.63, 3.8) is 0 Å². The third-order valence-corrected chi connectivity index (χ3v) is 7.71. The minimum absolute atomic E-state index is 0.0730. The van der Waals surface area contributed by atoms with Crippen molar-refractivity contribution in [3.05, 3.63) is 0 Å². The highest BCUT2D eigenvalue weighted by atomic mass is 32.3. The summed E-state index contributed by atoms with van der Waals surface area (Å²) < 4.78 is 1.02. The highest BCUT2D eigenvalue weighted by Crippen LogP contribution is 2.32. The number of hydrogen-bond acceptors (Lipinski definition) is 1. The van der Waals surface area contributed by atoms with Crippen molar-refractivity contribution in [2.75, 3.05) is 11.5 Å². The Morgan fingerprint density at radius 3 is 1.40 bits per heavy atom. The van der Waals surface area contributed by atoms with Gasteiger partial charge in [-0.05, 0) is 24.3 Å². The van der Waals surface area contributed by atoms with Crippen LogP contribution in [0.25, 0.3) is 0 Å². The molecule has 0 nitrogen and oxygen atoms in total. The van der Waals surface area contributed by atoms with Crippen LogP contribution in [0.4, 0.5) is 0 Å². The molecule has 0 amide bonds. The topological polar surface area (TPSA) is 0 Å². The summed E-state index contributed by atoms with van der Waals surface area (Å²) in [6, 6.07) is 0. The Morgan fingerprint density at radius 2 is 1.05 bits per heavy atom. The summed E-state index contributed by atoms with van der Waals surface area (Å²) in [6.45, 7) is 4.55. The number of hydrogen-bond donors (Lipinski definition) is 2. The van der Waals surface area contributed by atoms with Crippen LogP contribution >= 0.6 is 35.7 Å². The van der Waals surface area contributed by atoms with Crippen molar-refractivity contribution in [3.8, 4) is 0 Å². The van der Waals surface area contributed by atoms with Gasteiger partial charge < -0.3 is 0 Å². The molecule has 0 aromatic rings. The summed E-state index contributed by atoms with van der Waals surface area (Å²) in [6.07, 6.45) is 16.6. The van der Waals surface area contributed by atoms with Crippen molar-refractivity contribution in [2.45, 2.75) is 90.9 Å². The molecule has 20 heavy (non-hydrogen) atoms. The van der Waals surface area contributed by atoms with Crippen LogP contribution in [-0.2, 0) is 0 Å². The molecule has 0 aromatic heterocycles. The van der Waals surface area contributed by atoms with Gasteiger partial charge in [0.1, 0.15) is 0 Å².